The van der Waals surface area contributed by atoms with Crippen molar-refractivity contribution in [2.75, 3.05) is 6.26 Å². The van der Waals surface area contributed by atoms with E-state index in [0.29, 0.717) is 11.6 Å². The molecule has 0 saturated heterocycles. The van der Waals surface area contributed by atoms with Crippen LogP contribution in [0, 0.1) is 6.07 Å². The van der Waals surface area contributed by atoms with E-state index in [2.05, 4.69) is 11.2 Å². The van der Waals surface area contributed by atoms with Crippen molar-refractivity contribution >= 4 is 11.8 Å². The Balaban J connectivity index is 3.07. The molecule has 0 aliphatic heterocycles. The van der Waals surface area contributed by atoms with E-state index in [1.807, 2.05) is 0 Å². The monoisotopic (exact) mass is 209 g/mol. The molecule has 13 heavy (non-hydrogen) atoms. The van der Waals surface area contributed by atoms with Crippen LogP contribution in [0.5, 0.6) is 0 Å². The van der Waals surface area contributed by atoms with Gasteiger partial charge in [-0.25, -0.2) is 0 Å². The lowest BCUT2D eigenvalue weighted by atomic mass is 10.4. The molecule has 0 unspecified atom stereocenters. The Kier molecular flexibility index (Phi) is 2.90. The Labute approximate surface area is 78.1 Å². The van der Waals surface area contributed by atoms with Gasteiger partial charge in [0.1, 0.15) is 5.03 Å². The minimum Gasteiger partial charge on any atom is -0.258 e. The van der Waals surface area contributed by atoms with Gasteiger partial charge in [-0.2, -0.15) is 18.3 Å². The number of halogens is 3. The van der Waals surface area contributed by atoms with Crippen molar-refractivity contribution in [2.24, 2.45) is 0 Å². The molecular formula is C7H8F3N2S. The van der Waals surface area contributed by atoms with Crippen molar-refractivity contribution in [2.45, 2.75) is 24.7 Å². The zero-order valence-electron chi connectivity index (χ0n) is 7.14. The maximum atomic E-state index is 12.1. The molecule has 0 N–H and O–H groups in total. The first-order valence-corrected chi connectivity index (χ1v) is 4.82. The Hall–Kier alpha value is -0.650. The van der Waals surface area contributed by atoms with Crippen molar-refractivity contribution in [3.05, 3.63) is 11.8 Å². The van der Waals surface area contributed by atoms with Crippen LogP contribution in [-0.4, -0.2) is 16.0 Å². The molecule has 0 bridgehead atoms. The van der Waals surface area contributed by atoms with Gasteiger partial charge < -0.3 is 0 Å². The fourth-order valence-corrected chi connectivity index (χ4v) is 1.43. The number of aromatic nitrogens is 2. The van der Waals surface area contributed by atoms with E-state index in [9.17, 15) is 13.2 Å². The second kappa shape index (κ2) is 3.61. The molecule has 1 aromatic heterocycles. The predicted molar refractivity (Wildman–Crippen MR) is 43.5 cm³/mol. The number of hydrogen-bond donors (Lipinski definition) is 0. The van der Waals surface area contributed by atoms with E-state index < -0.39 is 11.9 Å². The summed E-state index contributed by atoms with van der Waals surface area (Å²) in [5.41, 5.74) is -0.946. The molecule has 6 heteroatoms. The van der Waals surface area contributed by atoms with Gasteiger partial charge in [-0.1, -0.05) is 0 Å². The smallest absolute Gasteiger partial charge is 0.258 e. The molecular weight excluding hydrogens is 201 g/mol. The third-order valence-corrected chi connectivity index (χ3v) is 2.14. The second-order valence-electron chi connectivity index (χ2n) is 2.30. The summed E-state index contributed by atoms with van der Waals surface area (Å²) in [4.78, 5) is 0. The summed E-state index contributed by atoms with van der Waals surface area (Å²) >= 11 is 1.20. The van der Waals surface area contributed by atoms with Crippen LogP contribution >= 0.6 is 11.8 Å². The number of rotatable bonds is 2. The SMILES string of the molecule is CCn1nc(C(F)(F)F)[c]c1SC. The first kappa shape index (κ1) is 10.4. The van der Waals surface area contributed by atoms with Crippen molar-refractivity contribution in [3.63, 3.8) is 0 Å². The van der Waals surface area contributed by atoms with Gasteiger partial charge in [-0.3, -0.25) is 4.68 Å². The molecule has 1 radical (unpaired) electrons. The predicted octanol–water partition coefficient (Wildman–Crippen LogP) is 2.44. The van der Waals surface area contributed by atoms with Gasteiger partial charge in [0.05, 0.1) is 6.07 Å². The van der Waals surface area contributed by atoms with Crippen LogP contribution < -0.4 is 0 Å². The van der Waals surface area contributed by atoms with Crippen LogP contribution in [-0.2, 0) is 12.7 Å². The van der Waals surface area contributed by atoms with E-state index >= 15 is 0 Å². The summed E-state index contributed by atoms with van der Waals surface area (Å²) in [5, 5.41) is 3.80. The molecule has 0 atom stereocenters. The highest BCUT2D eigenvalue weighted by Gasteiger charge is 2.35. The average Bonchev–Trinajstić information content (AvgIpc) is 2.45. The summed E-state index contributed by atoms with van der Waals surface area (Å²) in [6, 6.07) is 2.21. The second-order valence-corrected chi connectivity index (χ2v) is 3.09. The molecule has 1 aromatic rings. The summed E-state index contributed by atoms with van der Waals surface area (Å²) in [6.07, 6.45) is -2.70. The van der Waals surface area contributed by atoms with Crippen LogP contribution in [0.15, 0.2) is 5.03 Å². The van der Waals surface area contributed by atoms with E-state index in [4.69, 9.17) is 0 Å². The van der Waals surface area contributed by atoms with Crippen LogP contribution in [0.2, 0.25) is 0 Å². The van der Waals surface area contributed by atoms with Gasteiger partial charge in [-0.15, -0.1) is 11.8 Å². The lowest BCUT2D eigenvalue weighted by Crippen LogP contribution is -2.07. The first-order chi connectivity index (χ1) is 5.99. The molecule has 0 spiro atoms. The van der Waals surface area contributed by atoms with Gasteiger partial charge in [-0.05, 0) is 13.2 Å². The van der Waals surface area contributed by atoms with Crippen LogP contribution in [0.25, 0.3) is 0 Å². The van der Waals surface area contributed by atoms with Crippen molar-refractivity contribution in [1.82, 2.24) is 9.78 Å². The lowest BCUT2D eigenvalue weighted by molar-refractivity contribution is -0.141. The molecule has 0 aliphatic rings. The summed E-state index contributed by atoms with van der Waals surface area (Å²) in [5.74, 6) is 0. The number of alkyl halides is 3. The highest BCUT2D eigenvalue weighted by atomic mass is 32.2. The average molecular weight is 209 g/mol. The van der Waals surface area contributed by atoms with Crippen molar-refractivity contribution in [1.29, 1.82) is 0 Å². The van der Waals surface area contributed by atoms with Crippen molar-refractivity contribution < 1.29 is 13.2 Å². The Bertz CT molecular complexity index is 271. The van der Waals surface area contributed by atoms with Gasteiger partial charge >= 0.3 is 6.18 Å². The largest absolute Gasteiger partial charge is 0.435 e. The quantitative estimate of drug-likeness (QED) is 0.696. The fraction of sp³-hybridized carbons (Fsp3) is 0.571. The van der Waals surface area contributed by atoms with Crippen LogP contribution in [0.4, 0.5) is 13.2 Å². The molecule has 1 rings (SSSR count). The van der Waals surface area contributed by atoms with E-state index in [1.165, 1.54) is 16.4 Å². The molecule has 0 amide bonds. The van der Waals surface area contributed by atoms with Gasteiger partial charge in [0.25, 0.3) is 0 Å². The van der Waals surface area contributed by atoms with Crippen LogP contribution in [0.3, 0.4) is 0 Å². The molecule has 0 aliphatic carbocycles. The summed E-state index contributed by atoms with van der Waals surface area (Å²) < 4.78 is 37.7. The third kappa shape index (κ3) is 2.18. The van der Waals surface area contributed by atoms with Gasteiger partial charge in [0, 0.05) is 6.54 Å². The number of thioether (sulfide) groups is 1. The first-order valence-electron chi connectivity index (χ1n) is 3.60. The zero-order valence-corrected chi connectivity index (χ0v) is 7.96. The van der Waals surface area contributed by atoms with E-state index in [0.717, 1.165) is 0 Å². The maximum Gasteiger partial charge on any atom is 0.435 e. The molecule has 0 aromatic carbocycles. The lowest BCUT2D eigenvalue weighted by Gasteiger charge is -2.00. The number of nitrogens with zero attached hydrogens (tertiary/aromatic N) is 2. The maximum absolute atomic E-state index is 12.1. The van der Waals surface area contributed by atoms with Gasteiger partial charge in [0.2, 0.25) is 0 Å². The Morgan fingerprint density at radius 1 is 1.54 bits per heavy atom. The fourth-order valence-electron chi connectivity index (χ4n) is 0.855. The number of aryl methyl sites for hydroxylation is 1. The topological polar surface area (TPSA) is 17.8 Å². The molecule has 2 nitrogen and oxygen atoms in total. The van der Waals surface area contributed by atoms with Crippen LogP contribution in [0.1, 0.15) is 12.6 Å². The summed E-state index contributed by atoms with van der Waals surface area (Å²) in [6.45, 7) is 2.16. The molecule has 73 valence electrons. The highest BCUT2D eigenvalue weighted by molar-refractivity contribution is 7.98. The minimum atomic E-state index is -4.40. The molecule has 1 heterocycles. The molecule has 0 saturated carbocycles. The summed E-state index contributed by atoms with van der Waals surface area (Å²) in [7, 11) is 0. The Morgan fingerprint density at radius 2 is 2.15 bits per heavy atom. The highest BCUT2D eigenvalue weighted by Crippen LogP contribution is 2.30. The number of hydrogen-bond acceptors (Lipinski definition) is 2. The normalized spacial score (nSPS) is 12.1. The van der Waals surface area contributed by atoms with E-state index in [-0.39, 0.29) is 0 Å². The Morgan fingerprint density at radius 3 is 2.46 bits per heavy atom. The zero-order chi connectivity index (χ0) is 10.1. The van der Waals surface area contributed by atoms with Gasteiger partial charge in [0.15, 0.2) is 5.69 Å². The molecule has 0 fully saturated rings. The third-order valence-electron chi connectivity index (χ3n) is 1.44. The van der Waals surface area contributed by atoms with E-state index in [1.54, 1.807) is 13.2 Å². The van der Waals surface area contributed by atoms with Crippen molar-refractivity contribution in [3.8, 4) is 0 Å². The standard InChI is InChI=1S/C7H8F3N2S/c1-3-12-6(13-2)4-5(11-12)7(8,9)10/h3H2,1-2H3. The minimum absolute atomic E-state index is 0.412.